The summed E-state index contributed by atoms with van der Waals surface area (Å²) in [7, 11) is 0. The Morgan fingerprint density at radius 2 is 1.71 bits per heavy atom. The van der Waals surface area contributed by atoms with Crippen molar-refractivity contribution in [1.29, 1.82) is 0 Å². The molecule has 4 N–H and O–H groups in total. The monoisotopic (exact) mass is 577 g/mol. The number of hydrogen-bond donors (Lipinski definition) is 4. The first-order chi connectivity index (χ1) is 20.2. The van der Waals surface area contributed by atoms with Gasteiger partial charge in [0.05, 0.1) is 18.9 Å². The predicted molar refractivity (Wildman–Crippen MR) is 148 cm³/mol. The molecular weight excluding hydrogens is 546 g/mol. The third-order valence-electron chi connectivity index (χ3n) is 6.99. The molecule has 2 aliphatic rings. The van der Waals surface area contributed by atoms with Crippen LogP contribution in [0, 0.1) is 0 Å². The number of aldehydes is 1. The molecule has 0 bridgehead atoms. The van der Waals surface area contributed by atoms with Crippen molar-refractivity contribution in [3.05, 3.63) is 65.7 Å². The number of benzene rings is 2. The largest absolute Gasteiger partial charge is 0.481 e. The van der Waals surface area contributed by atoms with E-state index < -0.39 is 54.1 Å². The van der Waals surface area contributed by atoms with Crippen LogP contribution in [0.25, 0.3) is 0 Å². The van der Waals surface area contributed by atoms with Gasteiger partial charge in [-0.3, -0.25) is 33.8 Å². The van der Waals surface area contributed by atoms with E-state index in [-0.39, 0.29) is 43.7 Å². The normalized spacial score (nSPS) is 19.1. The maximum Gasteiger partial charge on any atom is 0.305 e. The lowest BCUT2D eigenvalue weighted by atomic mass is 10.0. The molecule has 2 fully saturated rings. The van der Waals surface area contributed by atoms with Gasteiger partial charge in [0, 0.05) is 24.2 Å². The number of anilines is 1. The number of hydrogen-bond acceptors (Lipinski definition) is 7. The molecule has 0 radical (unpaired) electrons. The summed E-state index contributed by atoms with van der Waals surface area (Å²) in [6, 6.07) is 11.7. The Morgan fingerprint density at radius 1 is 1.00 bits per heavy atom. The molecule has 2 aliphatic heterocycles. The molecule has 2 aromatic rings. The molecule has 220 valence electrons. The summed E-state index contributed by atoms with van der Waals surface area (Å²) in [5.74, 6) is -3.93. The summed E-state index contributed by atoms with van der Waals surface area (Å²) in [6.07, 6.45) is 0.394. The topological polar surface area (TPSA) is 182 Å². The summed E-state index contributed by atoms with van der Waals surface area (Å²) < 4.78 is 0. The molecule has 0 aliphatic carbocycles. The Morgan fingerprint density at radius 3 is 2.38 bits per heavy atom. The summed E-state index contributed by atoms with van der Waals surface area (Å²) in [6.45, 7) is 0.193. The summed E-state index contributed by atoms with van der Waals surface area (Å²) in [5, 5.41) is 18.9. The van der Waals surface area contributed by atoms with Gasteiger partial charge in [-0.15, -0.1) is 0 Å². The van der Waals surface area contributed by atoms with Crippen molar-refractivity contribution in [1.82, 2.24) is 20.7 Å². The maximum absolute atomic E-state index is 13.6. The fourth-order valence-electron chi connectivity index (χ4n) is 4.94. The van der Waals surface area contributed by atoms with Crippen LogP contribution in [0.2, 0.25) is 0 Å². The van der Waals surface area contributed by atoms with Gasteiger partial charge in [0.15, 0.2) is 0 Å². The molecule has 3 unspecified atom stereocenters. The van der Waals surface area contributed by atoms with Gasteiger partial charge in [-0.05, 0) is 49.1 Å². The molecule has 5 amide bonds. The van der Waals surface area contributed by atoms with Crippen LogP contribution in [0.3, 0.4) is 0 Å². The first kappa shape index (κ1) is 29.9. The zero-order valence-corrected chi connectivity index (χ0v) is 22.7. The van der Waals surface area contributed by atoms with Crippen LogP contribution in [-0.4, -0.2) is 81.6 Å². The molecule has 2 heterocycles. The predicted octanol–water partition coefficient (Wildman–Crippen LogP) is 0.653. The van der Waals surface area contributed by atoms with Crippen molar-refractivity contribution in [2.45, 2.75) is 56.7 Å². The standard InChI is InChI=1S/C29H31N5O8/c35-17-21(16-26(38)39)31-28(41)23-7-4-14-33-25(37)13-12-22(29(42)34(23)33)32-27(40)19-8-10-20(11-9-19)30-24(36)15-18-5-2-1-3-6-18/h1-3,5-6,8-11,17,21-23H,4,7,12-16H2,(H,30,36)(H,31,41)(H,32,40)(H,38,39). The molecule has 13 nitrogen and oxygen atoms in total. The van der Waals surface area contributed by atoms with Gasteiger partial charge in [-0.25, -0.2) is 5.01 Å². The molecular formula is C29H31N5O8. The smallest absolute Gasteiger partial charge is 0.305 e. The minimum atomic E-state index is -1.30. The SMILES string of the molecule is O=CC(CC(=O)O)NC(=O)C1CCCN2C(=O)CCC(NC(=O)c3ccc(NC(=O)Cc4ccccc4)cc3)C(=O)N12. The summed E-state index contributed by atoms with van der Waals surface area (Å²) >= 11 is 0. The van der Waals surface area contributed by atoms with Crippen molar-refractivity contribution in [3.8, 4) is 0 Å². The van der Waals surface area contributed by atoms with Gasteiger partial charge in [0.2, 0.25) is 17.7 Å². The van der Waals surface area contributed by atoms with Gasteiger partial charge in [0.1, 0.15) is 18.4 Å². The van der Waals surface area contributed by atoms with Crippen molar-refractivity contribution in [3.63, 3.8) is 0 Å². The first-order valence-corrected chi connectivity index (χ1v) is 13.5. The molecule has 3 atom stereocenters. The number of hydrazine groups is 1. The number of rotatable bonds is 10. The van der Waals surface area contributed by atoms with E-state index in [0.29, 0.717) is 18.4 Å². The molecule has 2 aromatic carbocycles. The average Bonchev–Trinajstić information content (AvgIpc) is 3.09. The summed E-state index contributed by atoms with van der Waals surface area (Å²) in [4.78, 5) is 87.1. The molecule has 4 rings (SSSR count). The number of carboxylic acids is 1. The average molecular weight is 578 g/mol. The Balaban J connectivity index is 1.42. The fourth-order valence-corrected chi connectivity index (χ4v) is 4.94. The zero-order chi connectivity index (χ0) is 30.2. The molecule has 2 saturated heterocycles. The first-order valence-electron chi connectivity index (χ1n) is 13.5. The molecule has 42 heavy (non-hydrogen) atoms. The fraction of sp³-hybridized carbons (Fsp3) is 0.345. The minimum absolute atomic E-state index is 0.00828. The molecule has 0 aromatic heterocycles. The quantitative estimate of drug-likeness (QED) is 0.297. The number of nitrogens with one attached hydrogen (secondary N) is 3. The molecule has 0 spiro atoms. The lowest BCUT2D eigenvalue weighted by Gasteiger charge is -2.43. The number of carbonyl (C=O) groups is 7. The maximum atomic E-state index is 13.6. The Hall–Kier alpha value is -5.07. The number of carboxylic acid groups (broad SMARTS) is 1. The second-order valence-corrected chi connectivity index (χ2v) is 10.1. The Labute approximate surface area is 241 Å². The number of nitrogens with zero attached hydrogens (tertiary/aromatic N) is 2. The van der Waals surface area contributed by atoms with Crippen molar-refractivity contribution in [2.75, 3.05) is 11.9 Å². The van der Waals surface area contributed by atoms with Crippen molar-refractivity contribution in [2.24, 2.45) is 0 Å². The van der Waals surface area contributed by atoms with Gasteiger partial charge >= 0.3 is 5.97 Å². The van der Waals surface area contributed by atoms with E-state index in [4.69, 9.17) is 5.11 Å². The number of fused-ring (bicyclic) bond motifs is 1. The van der Waals surface area contributed by atoms with Gasteiger partial charge in [-0.2, -0.15) is 0 Å². The second-order valence-electron chi connectivity index (χ2n) is 10.1. The lowest BCUT2D eigenvalue weighted by Crippen LogP contribution is -2.64. The highest BCUT2D eigenvalue weighted by atomic mass is 16.4. The van der Waals surface area contributed by atoms with Crippen LogP contribution in [0.15, 0.2) is 54.6 Å². The van der Waals surface area contributed by atoms with Crippen LogP contribution >= 0.6 is 0 Å². The van der Waals surface area contributed by atoms with E-state index in [9.17, 15) is 33.6 Å². The van der Waals surface area contributed by atoms with Gasteiger partial charge < -0.3 is 25.9 Å². The Bertz CT molecular complexity index is 1360. The third-order valence-corrected chi connectivity index (χ3v) is 6.99. The highest BCUT2D eigenvalue weighted by Gasteiger charge is 2.45. The highest BCUT2D eigenvalue weighted by molar-refractivity contribution is 6.00. The van der Waals surface area contributed by atoms with Gasteiger partial charge in [-0.1, -0.05) is 30.3 Å². The van der Waals surface area contributed by atoms with E-state index in [1.165, 1.54) is 17.1 Å². The van der Waals surface area contributed by atoms with E-state index in [1.807, 2.05) is 30.3 Å². The number of aliphatic carboxylic acids is 1. The number of amides is 5. The van der Waals surface area contributed by atoms with Crippen LogP contribution in [0.1, 0.15) is 48.0 Å². The Kier molecular flexibility index (Phi) is 9.63. The summed E-state index contributed by atoms with van der Waals surface area (Å²) in [5.41, 5.74) is 1.55. The van der Waals surface area contributed by atoms with E-state index in [1.54, 1.807) is 12.1 Å². The van der Waals surface area contributed by atoms with Crippen molar-refractivity contribution >= 4 is 47.5 Å². The van der Waals surface area contributed by atoms with E-state index in [2.05, 4.69) is 16.0 Å². The van der Waals surface area contributed by atoms with E-state index >= 15 is 0 Å². The zero-order valence-electron chi connectivity index (χ0n) is 22.7. The van der Waals surface area contributed by atoms with Crippen LogP contribution in [-0.2, 0) is 35.2 Å². The molecule has 0 saturated carbocycles. The second kappa shape index (κ2) is 13.5. The lowest BCUT2D eigenvalue weighted by molar-refractivity contribution is -0.176. The van der Waals surface area contributed by atoms with Crippen LogP contribution < -0.4 is 16.0 Å². The highest BCUT2D eigenvalue weighted by Crippen LogP contribution is 2.25. The van der Waals surface area contributed by atoms with Gasteiger partial charge in [0.25, 0.3) is 11.8 Å². The molecule has 13 heteroatoms. The minimum Gasteiger partial charge on any atom is -0.481 e. The van der Waals surface area contributed by atoms with E-state index in [0.717, 1.165) is 10.6 Å². The number of carbonyl (C=O) groups excluding carboxylic acids is 6. The van der Waals surface area contributed by atoms with Crippen LogP contribution in [0.5, 0.6) is 0 Å². The van der Waals surface area contributed by atoms with Crippen LogP contribution in [0.4, 0.5) is 5.69 Å². The van der Waals surface area contributed by atoms with Crippen molar-refractivity contribution < 1.29 is 38.7 Å². The third kappa shape index (κ3) is 7.36.